The minimum absolute atomic E-state index is 0.0288. The van der Waals surface area contributed by atoms with Crippen LogP contribution in [-0.4, -0.2) is 28.6 Å². The molecule has 2 aliphatic rings. The highest BCUT2D eigenvalue weighted by molar-refractivity contribution is 7.80. The molecule has 1 aromatic carbocycles. The largest absolute Gasteiger partial charge is 0.347 e. The molecule has 6 heteroatoms. The van der Waals surface area contributed by atoms with Crippen LogP contribution < -0.4 is 5.32 Å². The fourth-order valence-electron chi connectivity index (χ4n) is 2.95. The lowest BCUT2D eigenvalue weighted by molar-refractivity contribution is -0.114. The number of nitrogens with one attached hydrogen (secondary N) is 1. The van der Waals surface area contributed by atoms with Gasteiger partial charge in [0, 0.05) is 28.9 Å². The average molecular weight is 354 g/mol. The molecule has 1 amide bonds. The fourth-order valence-corrected chi connectivity index (χ4v) is 4.14. The van der Waals surface area contributed by atoms with Crippen molar-refractivity contribution in [2.45, 2.75) is 13.0 Å². The number of carbonyl (C=O) groups excluding carboxylic acids is 2. The van der Waals surface area contributed by atoms with Crippen LogP contribution >= 0.6 is 23.6 Å². The molecule has 4 rings (SSSR count). The standard InChI is InChI=1S/C18H14N2O2S2/c1-20-9-11-3-2-10(6-13(11)18(20)22)16-5-4-12(24-16)7-14-15(21)8-17(23)19-14/h2-7H,8-9H2,1H3,(H,19,23)/b14-7+. The summed E-state index contributed by atoms with van der Waals surface area (Å²) in [7, 11) is 1.81. The molecule has 1 aromatic heterocycles. The summed E-state index contributed by atoms with van der Waals surface area (Å²) in [5, 5.41) is 2.95. The van der Waals surface area contributed by atoms with Crippen LogP contribution in [0.1, 0.15) is 27.2 Å². The summed E-state index contributed by atoms with van der Waals surface area (Å²) < 4.78 is 0. The monoisotopic (exact) mass is 354 g/mol. The van der Waals surface area contributed by atoms with Gasteiger partial charge in [-0.25, -0.2) is 0 Å². The van der Waals surface area contributed by atoms with Gasteiger partial charge in [-0.2, -0.15) is 0 Å². The number of rotatable bonds is 2. The Bertz CT molecular complexity index is 927. The number of amides is 1. The highest BCUT2D eigenvalue weighted by Gasteiger charge is 2.25. The third-order valence-corrected chi connectivity index (χ3v) is 5.52. The van der Waals surface area contributed by atoms with E-state index in [2.05, 4.69) is 5.32 Å². The lowest BCUT2D eigenvalue weighted by Gasteiger charge is -2.04. The third kappa shape index (κ3) is 2.57. The van der Waals surface area contributed by atoms with Crippen LogP contribution in [0.4, 0.5) is 0 Å². The smallest absolute Gasteiger partial charge is 0.254 e. The average Bonchev–Trinajstić information content (AvgIpc) is 3.20. The zero-order valence-electron chi connectivity index (χ0n) is 13.0. The summed E-state index contributed by atoms with van der Waals surface area (Å²) >= 11 is 6.62. The van der Waals surface area contributed by atoms with Gasteiger partial charge in [-0.1, -0.05) is 24.4 Å². The lowest BCUT2D eigenvalue weighted by atomic mass is 10.1. The van der Waals surface area contributed by atoms with Gasteiger partial charge in [0.2, 0.25) is 0 Å². The Morgan fingerprint density at radius 3 is 2.83 bits per heavy atom. The maximum atomic E-state index is 12.1. The van der Waals surface area contributed by atoms with Crippen molar-refractivity contribution < 1.29 is 9.59 Å². The van der Waals surface area contributed by atoms with E-state index >= 15 is 0 Å². The van der Waals surface area contributed by atoms with Gasteiger partial charge < -0.3 is 10.2 Å². The van der Waals surface area contributed by atoms with Crippen molar-refractivity contribution in [2.75, 3.05) is 7.05 Å². The summed E-state index contributed by atoms with van der Waals surface area (Å²) in [4.78, 5) is 28.3. The molecular weight excluding hydrogens is 340 g/mol. The molecule has 0 radical (unpaired) electrons. The number of ketones is 1. The molecular formula is C18H14N2O2S2. The van der Waals surface area contributed by atoms with Crippen molar-refractivity contribution in [3.05, 3.63) is 52.0 Å². The second kappa shape index (κ2) is 5.65. The molecule has 2 aromatic rings. The predicted octanol–water partition coefficient (Wildman–Crippen LogP) is 3.23. The topological polar surface area (TPSA) is 49.4 Å². The molecule has 2 aliphatic heterocycles. The molecule has 3 heterocycles. The van der Waals surface area contributed by atoms with Crippen molar-refractivity contribution in [1.29, 1.82) is 0 Å². The van der Waals surface area contributed by atoms with Crippen LogP contribution in [0.15, 0.2) is 36.0 Å². The number of allylic oxidation sites excluding steroid dienone is 1. The van der Waals surface area contributed by atoms with Crippen LogP contribution in [-0.2, 0) is 11.3 Å². The molecule has 120 valence electrons. The number of hydrogen-bond donors (Lipinski definition) is 1. The number of carbonyl (C=O) groups is 2. The van der Waals surface area contributed by atoms with Crippen molar-refractivity contribution in [3.8, 4) is 10.4 Å². The first-order valence-corrected chi connectivity index (χ1v) is 8.77. The van der Waals surface area contributed by atoms with Crippen LogP contribution in [0.2, 0.25) is 0 Å². The molecule has 0 bridgehead atoms. The second-order valence-electron chi connectivity index (χ2n) is 5.94. The van der Waals surface area contributed by atoms with Crippen LogP contribution in [0.5, 0.6) is 0 Å². The van der Waals surface area contributed by atoms with E-state index < -0.39 is 0 Å². The van der Waals surface area contributed by atoms with Gasteiger partial charge in [0.25, 0.3) is 5.91 Å². The Balaban J connectivity index is 1.65. The molecule has 4 nitrogen and oxygen atoms in total. The first kappa shape index (κ1) is 15.2. The Hall–Kier alpha value is -2.31. The SMILES string of the molecule is CN1Cc2ccc(-c3ccc(/C=C4/NC(=S)CC4=O)s3)cc2C1=O. The summed E-state index contributed by atoms with van der Waals surface area (Å²) in [6, 6.07) is 10.0. The lowest BCUT2D eigenvalue weighted by Crippen LogP contribution is -2.17. The molecule has 0 spiro atoms. The fraction of sp³-hybridized carbons (Fsp3) is 0.167. The summed E-state index contributed by atoms with van der Waals surface area (Å²) in [5.41, 5.74) is 3.42. The van der Waals surface area contributed by atoms with Gasteiger partial charge in [-0.15, -0.1) is 11.3 Å². The molecule has 0 unspecified atom stereocenters. The van der Waals surface area contributed by atoms with E-state index in [1.54, 1.807) is 16.2 Å². The van der Waals surface area contributed by atoms with Crippen LogP contribution in [0.3, 0.4) is 0 Å². The highest BCUT2D eigenvalue weighted by Crippen LogP contribution is 2.33. The van der Waals surface area contributed by atoms with Crippen LogP contribution in [0, 0.1) is 0 Å². The molecule has 24 heavy (non-hydrogen) atoms. The van der Waals surface area contributed by atoms with Gasteiger partial charge in [-0.3, -0.25) is 9.59 Å². The maximum absolute atomic E-state index is 12.1. The zero-order chi connectivity index (χ0) is 16.8. The molecule has 1 fully saturated rings. The van der Waals surface area contributed by atoms with Crippen molar-refractivity contribution in [1.82, 2.24) is 10.2 Å². The quantitative estimate of drug-likeness (QED) is 0.664. The van der Waals surface area contributed by atoms with E-state index in [-0.39, 0.29) is 11.7 Å². The molecule has 0 atom stereocenters. The van der Waals surface area contributed by atoms with Gasteiger partial charge in [-0.05, 0) is 35.4 Å². The number of Topliss-reactive ketones (excluding diaryl/α,β-unsaturated/α-hetero) is 1. The number of benzene rings is 1. The number of thiocarbonyl (C=S) groups is 1. The second-order valence-corrected chi connectivity index (χ2v) is 7.55. The third-order valence-electron chi connectivity index (χ3n) is 4.19. The van der Waals surface area contributed by atoms with Crippen molar-refractivity contribution in [2.24, 2.45) is 0 Å². The highest BCUT2D eigenvalue weighted by atomic mass is 32.1. The van der Waals surface area contributed by atoms with E-state index in [4.69, 9.17) is 12.2 Å². The van der Waals surface area contributed by atoms with Gasteiger partial charge in [0.1, 0.15) is 0 Å². The number of nitrogens with zero attached hydrogens (tertiary/aromatic N) is 1. The Morgan fingerprint density at radius 1 is 1.25 bits per heavy atom. The normalized spacial score (nSPS) is 18.5. The number of hydrogen-bond acceptors (Lipinski definition) is 4. The molecule has 1 saturated heterocycles. The predicted molar refractivity (Wildman–Crippen MR) is 98.9 cm³/mol. The van der Waals surface area contributed by atoms with Gasteiger partial charge >= 0.3 is 0 Å². The van der Waals surface area contributed by atoms with E-state index in [9.17, 15) is 9.59 Å². The maximum Gasteiger partial charge on any atom is 0.254 e. The Labute approximate surface area is 148 Å². The summed E-state index contributed by atoms with van der Waals surface area (Å²) in [5.74, 6) is 0.0983. The van der Waals surface area contributed by atoms with E-state index in [0.29, 0.717) is 23.7 Å². The minimum Gasteiger partial charge on any atom is -0.347 e. The van der Waals surface area contributed by atoms with Crippen LogP contribution in [0.25, 0.3) is 16.5 Å². The molecule has 0 saturated carbocycles. The zero-order valence-corrected chi connectivity index (χ0v) is 14.6. The number of fused-ring (bicyclic) bond motifs is 1. The summed E-state index contributed by atoms with van der Waals surface area (Å²) in [6.07, 6.45) is 2.13. The van der Waals surface area contributed by atoms with E-state index in [1.807, 2.05) is 43.5 Å². The first-order chi connectivity index (χ1) is 11.5. The van der Waals surface area contributed by atoms with Gasteiger partial charge in [0.05, 0.1) is 17.1 Å². The summed E-state index contributed by atoms with van der Waals surface area (Å²) in [6.45, 7) is 0.671. The van der Waals surface area contributed by atoms with E-state index in [0.717, 1.165) is 26.4 Å². The minimum atomic E-state index is 0.0288. The Morgan fingerprint density at radius 2 is 2.08 bits per heavy atom. The van der Waals surface area contributed by atoms with Gasteiger partial charge in [0.15, 0.2) is 5.78 Å². The number of thiophene rings is 1. The first-order valence-electron chi connectivity index (χ1n) is 7.54. The van der Waals surface area contributed by atoms with E-state index in [1.165, 1.54) is 0 Å². The molecule has 0 aliphatic carbocycles. The van der Waals surface area contributed by atoms with Crippen molar-refractivity contribution in [3.63, 3.8) is 0 Å². The Kier molecular flexibility index (Phi) is 3.58. The van der Waals surface area contributed by atoms with Crippen molar-refractivity contribution >= 4 is 46.3 Å². The molecule has 1 N–H and O–H groups in total.